The summed E-state index contributed by atoms with van der Waals surface area (Å²) in [5.74, 6) is -3.36. The predicted molar refractivity (Wildman–Crippen MR) is 141 cm³/mol. The smallest absolute Gasteiger partial charge is 0.267 e. The van der Waals surface area contributed by atoms with E-state index in [0.717, 1.165) is 16.7 Å². The first-order valence-corrected chi connectivity index (χ1v) is 12.4. The predicted octanol–water partition coefficient (Wildman–Crippen LogP) is 4.38. The number of alkyl halides is 2. The van der Waals surface area contributed by atoms with Gasteiger partial charge >= 0.3 is 0 Å². The number of likely N-dealkylation sites (N-methyl/N-ethyl adjacent to an activating group) is 1. The minimum atomic E-state index is -2.77. The minimum Gasteiger partial charge on any atom is -0.508 e. The molecule has 1 saturated heterocycles. The molecular weight excluding hydrogens is 535 g/mol. The van der Waals surface area contributed by atoms with Crippen LogP contribution in [0.1, 0.15) is 12.0 Å². The number of nitrogens with one attached hydrogen (secondary N) is 1. The van der Waals surface area contributed by atoms with Crippen LogP contribution in [0.4, 0.5) is 13.2 Å². The molecule has 1 aliphatic heterocycles. The molecule has 12 heteroatoms. The van der Waals surface area contributed by atoms with Crippen molar-refractivity contribution in [3.63, 3.8) is 0 Å². The highest BCUT2D eigenvalue weighted by Crippen LogP contribution is 2.33. The largest absolute Gasteiger partial charge is 0.508 e. The number of hydrogen-bond acceptors (Lipinski definition) is 7. The number of nitrogens with zero attached hydrogens (tertiary/aromatic N) is 4. The Labute approximate surface area is 226 Å². The minimum absolute atomic E-state index is 0.0819. The normalized spacial score (nSPS) is 16.7. The summed E-state index contributed by atoms with van der Waals surface area (Å²) in [6, 6.07) is 7.93. The maximum absolute atomic E-state index is 14.1. The molecule has 1 fully saturated rings. The fourth-order valence-corrected chi connectivity index (χ4v) is 5.14. The monoisotopic (exact) mass is 559 g/mol. The molecule has 8 nitrogen and oxygen atoms in total. The van der Waals surface area contributed by atoms with E-state index in [9.17, 15) is 23.1 Å². The fourth-order valence-electron chi connectivity index (χ4n) is 4.92. The summed E-state index contributed by atoms with van der Waals surface area (Å²) in [6.45, 7) is 0.0958. The van der Waals surface area contributed by atoms with E-state index < -0.39 is 23.3 Å². The maximum atomic E-state index is 14.1. The Balaban J connectivity index is 1.67. The average Bonchev–Trinajstić information content (AvgIpc) is 3.20. The van der Waals surface area contributed by atoms with E-state index in [2.05, 4.69) is 15.3 Å². The molecule has 1 aliphatic rings. The number of fused-ring (bicyclic) bond motifs is 1. The van der Waals surface area contributed by atoms with Crippen LogP contribution in [0.5, 0.6) is 11.5 Å². The number of phenols is 1. The standard InChI is InChI=1S/C27H25ClF3N5O3/c1-35(11-18-9-27(30,31)13-33-18)12-23-22(15-3-16(28)5-21(4-15)39-2)10-32-25-24(23)26(38)36(14-34-25)19-6-17(29)7-20(37)8-19/h3-8,10,14,18,33,37H,9,11-13H2,1-2H3/t18-/m0/s1. The second-order valence-corrected chi connectivity index (χ2v) is 10.1. The average molecular weight is 560 g/mol. The van der Waals surface area contributed by atoms with Crippen molar-refractivity contribution in [3.8, 4) is 28.3 Å². The highest BCUT2D eigenvalue weighted by Gasteiger charge is 2.39. The Kier molecular flexibility index (Phi) is 7.23. The molecule has 0 radical (unpaired) electrons. The Bertz CT molecular complexity index is 1590. The zero-order chi connectivity index (χ0) is 27.9. The molecule has 0 bridgehead atoms. The molecule has 2 aromatic carbocycles. The van der Waals surface area contributed by atoms with Gasteiger partial charge in [-0.25, -0.2) is 23.1 Å². The molecule has 0 spiro atoms. The van der Waals surface area contributed by atoms with Crippen LogP contribution in [0.15, 0.2) is 53.7 Å². The van der Waals surface area contributed by atoms with Crippen molar-refractivity contribution < 1.29 is 23.0 Å². The number of benzene rings is 2. The van der Waals surface area contributed by atoms with Crippen molar-refractivity contribution in [1.82, 2.24) is 24.8 Å². The van der Waals surface area contributed by atoms with Crippen molar-refractivity contribution in [2.75, 3.05) is 27.2 Å². The Morgan fingerprint density at radius 1 is 1.23 bits per heavy atom. The van der Waals surface area contributed by atoms with Gasteiger partial charge in [0, 0.05) is 54.5 Å². The molecule has 2 N–H and O–H groups in total. The molecule has 0 amide bonds. The van der Waals surface area contributed by atoms with Crippen molar-refractivity contribution in [2.24, 2.45) is 0 Å². The van der Waals surface area contributed by atoms with Gasteiger partial charge in [0.1, 0.15) is 23.6 Å². The highest BCUT2D eigenvalue weighted by atomic mass is 35.5. The van der Waals surface area contributed by atoms with Gasteiger partial charge < -0.3 is 20.1 Å². The zero-order valence-corrected chi connectivity index (χ0v) is 21.8. The first-order valence-electron chi connectivity index (χ1n) is 12.1. The third kappa shape index (κ3) is 5.70. The first kappa shape index (κ1) is 26.9. The Morgan fingerprint density at radius 3 is 2.72 bits per heavy atom. The molecule has 1 atom stereocenters. The third-order valence-electron chi connectivity index (χ3n) is 6.61. The van der Waals surface area contributed by atoms with Gasteiger partial charge in [-0.2, -0.15) is 0 Å². The van der Waals surface area contributed by atoms with Gasteiger partial charge in [-0.3, -0.25) is 9.36 Å². The topological polar surface area (TPSA) is 92.5 Å². The molecule has 2 aromatic heterocycles. The lowest BCUT2D eigenvalue weighted by molar-refractivity contribution is 0.0201. The summed E-state index contributed by atoms with van der Waals surface area (Å²) in [4.78, 5) is 24.4. The highest BCUT2D eigenvalue weighted by molar-refractivity contribution is 6.31. The van der Waals surface area contributed by atoms with Crippen LogP contribution >= 0.6 is 11.6 Å². The Hall–Kier alpha value is -3.67. The van der Waals surface area contributed by atoms with E-state index in [0.29, 0.717) is 34.0 Å². The summed E-state index contributed by atoms with van der Waals surface area (Å²) >= 11 is 6.33. The van der Waals surface area contributed by atoms with Crippen LogP contribution in [0.2, 0.25) is 5.02 Å². The van der Waals surface area contributed by atoms with E-state index in [-0.39, 0.29) is 42.0 Å². The number of pyridine rings is 1. The quantitative estimate of drug-likeness (QED) is 0.347. The molecule has 3 heterocycles. The Morgan fingerprint density at radius 2 is 2.03 bits per heavy atom. The maximum Gasteiger partial charge on any atom is 0.267 e. The van der Waals surface area contributed by atoms with Gasteiger partial charge in [-0.15, -0.1) is 0 Å². The van der Waals surface area contributed by atoms with E-state index in [4.69, 9.17) is 16.3 Å². The lowest BCUT2D eigenvalue weighted by Gasteiger charge is -2.23. The van der Waals surface area contributed by atoms with Crippen LogP contribution < -0.4 is 15.6 Å². The molecule has 0 saturated carbocycles. The lowest BCUT2D eigenvalue weighted by atomic mass is 9.98. The van der Waals surface area contributed by atoms with E-state index in [1.54, 1.807) is 31.4 Å². The number of phenolic OH excluding ortho intramolecular Hbond substituents is 1. The summed E-state index contributed by atoms with van der Waals surface area (Å²) in [5.41, 5.74) is 1.42. The number of hydrogen-bond donors (Lipinski definition) is 2. The number of methoxy groups -OCH3 is 1. The van der Waals surface area contributed by atoms with Crippen molar-refractivity contribution >= 4 is 22.6 Å². The van der Waals surface area contributed by atoms with Crippen molar-refractivity contribution in [1.29, 1.82) is 0 Å². The molecule has 0 aliphatic carbocycles. The van der Waals surface area contributed by atoms with Crippen molar-refractivity contribution in [2.45, 2.75) is 24.9 Å². The van der Waals surface area contributed by atoms with Gasteiger partial charge in [0.2, 0.25) is 0 Å². The van der Waals surface area contributed by atoms with E-state index in [1.165, 1.54) is 19.5 Å². The second kappa shape index (κ2) is 10.5. The third-order valence-corrected chi connectivity index (χ3v) is 6.83. The fraction of sp³-hybridized carbons (Fsp3) is 0.296. The summed E-state index contributed by atoms with van der Waals surface area (Å²) < 4.78 is 48.1. The van der Waals surface area contributed by atoms with Crippen LogP contribution in [0.25, 0.3) is 27.8 Å². The molecule has 5 rings (SSSR count). The number of rotatable bonds is 7. The second-order valence-electron chi connectivity index (χ2n) is 9.65. The molecular formula is C27H25ClF3N5O3. The van der Waals surface area contributed by atoms with E-state index in [1.807, 2.05) is 4.90 Å². The molecule has 4 aromatic rings. The lowest BCUT2D eigenvalue weighted by Crippen LogP contribution is -2.35. The summed E-state index contributed by atoms with van der Waals surface area (Å²) in [5, 5.41) is 13.3. The van der Waals surface area contributed by atoms with E-state index >= 15 is 0 Å². The van der Waals surface area contributed by atoms with Crippen LogP contribution in [-0.4, -0.2) is 63.8 Å². The van der Waals surface area contributed by atoms with Gasteiger partial charge in [0.15, 0.2) is 5.65 Å². The first-order chi connectivity index (χ1) is 18.5. The van der Waals surface area contributed by atoms with Crippen molar-refractivity contribution in [3.05, 3.63) is 75.7 Å². The van der Waals surface area contributed by atoms with Gasteiger partial charge in [0.25, 0.3) is 11.5 Å². The molecule has 0 unspecified atom stereocenters. The van der Waals surface area contributed by atoms with Gasteiger partial charge in [-0.05, 0) is 42.4 Å². The molecule has 204 valence electrons. The number of aromatic nitrogens is 3. The van der Waals surface area contributed by atoms with Gasteiger partial charge in [0.05, 0.1) is 24.7 Å². The number of ether oxygens (including phenoxy) is 1. The SMILES string of the molecule is COc1cc(Cl)cc(-c2cnc3ncn(-c4cc(O)cc(F)c4)c(=O)c3c2CN(C)C[C@@H]2CC(F)(F)CN2)c1. The summed E-state index contributed by atoms with van der Waals surface area (Å²) in [6.07, 6.45) is 2.50. The number of halogens is 4. The molecule has 39 heavy (non-hydrogen) atoms. The van der Waals surface area contributed by atoms with Crippen LogP contribution in [-0.2, 0) is 6.54 Å². The number of aromatic hydroxyl groups is 1. The zero-order valence-electron chi connectivity index (χ0n) is 21.1. The van der Waals surface area contributed by atoms with Crippen LogP contribution in [0.3, 0.4) is 0 Å². The summed E-state index contributed by atoms with van der Waals surface area (Å²) in [7, 11) is 3.27. The van der Waals surface area contributed by atoms with Gasteiger partial charge in [-0.1, -0.05) is 11.6 Å². The van der Waals surface area contributed by atoms with Crippen LogP contribution in [0, 0.1) is 5.82 Å².